The first-order valence-corrected chi connectivity index (χ1v) is 4.72. The number of methoxy groups -OCH3 is 1. The molecule has 5 nitrogen and oxygen atoms in total. The molecule has 0 atom stereocenters. The smallest absolute Gasteiger partial charge is 0.266 e. The summed E-state index contributed by atoms with van der Waals surface area (Å²) in [6, 6.07) is 0. The third kappa shape index (κ3) is 2.41. The molecule has 1 aromatic rings. The fourth-order valence-electron chi connectivity index (χ4n) is 0.856. The van der Waals surface area contributed by atoms with Gasteiger partial charge < -0.3 is 10.1 Å². The van der Waals surface area contributed by atoms with E-state index in [4.69, 9.17) is 4.74 Å². The Morgan fingerprint density at radius 3 is 2.92 bits per heavy atom. The minimum Gasteiger partial charge on any atom is -0.378 e. The fourth-order valence-corrected chi connectivity index (χ4v) is 1.27. The number of anilines is 1. The van der Waals surface area contributed by atoms with Crippen LogP contribution in [0.2, 0.25) is 0 Å². The van der Waals surface area contributed by atoms with Gasteiger partial charge in [0.1, 0.15) is 3.57 Å². The van der Waals surface area contributed by atoms with Crippen LogP contribution in [-0.2, 0) is 11.3 Å². The summed E-state index contributed by atoms with van der Waals surface area (Å²) in [5.41, 5.74) is 0.503. The third-order valence-electron chi connectivity index (χ3n) is 1.45. The summed E-state index contributed by atoms with van der Waals surface area (Å²) in [7, 11) is 3.26. The molecule has 1 aromatic heterocycles. The van der Waals surface area contributed by atoms with Crippen LogP contribution in [-0.4, -0.2) is 24.1 Å². The van der Waals surface area contributed by atoms with E-state index in [2.05, 4.69) is 15.3 Å². The van der Waals surface area contributed by atoms with E-state index in [1.807, 2.05) is 22.6 Å². The second-order valence-corrected chi connectivity index (χ2v) is 3.44. The van der Waals surface area contributed by atoms with Crippen LogP contribution in [0.1, 0.15) is 5.69 Å². The average molecular weight is 295 g/mol. The molecule has 6 heteroatoms. The van der Waals surface area contributed by atoms with Crippen molar-refractivity contribution in [2.24, 2.45) is 0 Å². The van der Waals surface area contributed by atoms with Gasteiger partial charge in [-0.2, -0.15) is 0 Å². The van der Waals surface area contributed by atoms with E-state index in [0.29, 0.717) is 21.8 Å². The van der Waals surface area contributed by atoms with Gasteiger partial charge in [0.15, 0.2) is 0 Å². The Morgan fingerprint density at radius 1 is 1.69 bits per heavy atom. The number of aromatic amines is 1. The van der Waals surface area contributed by atoms with Gasteiger partial charge in [-0.1, -0.05) is 0 Å². The Hall–Kier alpha value is -0.630. The van der Waals surface area contributed by atoms with Crippen molar-refractivity contribution >= 4 is 28.5 Å². The van der Waals surface area contributed by atoms with Gasteiger partial charge in [0.05, 0.1) is 12.3 Å². The number of rotatable bonds is 3. The van der Waals surface area contributed by atoms with Crippen LogP contribution in [0.25, 0.3) is 0 Å². The number of nitrogens with zero attached hydrogens (tertiary/aromatic N) is 1. The number of halogens is 1. The number of nitrogens with one attached hydrogen (secondary N) is 2. The fraction of sp³-hybridized carbons (Fsp3) is 0.429. The van der Waals surface area contributed by atoms with Gasteiger partial charge in [-0.3, -0.25) is 9.78 Å². The summed E-state index contributed by atoms with van der Waals surface area (Å²) in [6.45, 7) is 0.344. The highest BCUT2D eigenvalue weighted by Gasteiger charge is 2.07. The lowest BCUT2D eigenvalue weighted by molar-refractivity contribution is 0.180. The minimum atomic E-state index is -0.146. The maximum Gasteiger partial charge on any atom is 0.266 e. The van der Waals surface area contributed by atoms with Crippen molar-refractivity contribution < 1.29 is 4.74 Å². The lowest BCUT2D eigenvalue weighted by atomic mass is 10.4. The summed E-state index contributed by atoms with van der Waals surface area (Å²) in [5, 5.41) is 2.77. The van der Waals surface area contributed by atoms with Crippen LogP contribution in [0.15, 0.2) is 4.79 Å². The lowest BCUT2D eigenvalue weighted by Gasteiger charge is -2.04. The summed E-state index contributed by atoms with van der Waals surface area (Å²) in [4.78, 5) is 18.0. The van der Waals surface area contributed by atoms with Crippen LogP contribution in [0, 0.1) is 3.57 Å². The van der Waals surface area contributed by atoms with E-state index < -0.39 is 0 Å². The number of H-pyrrole nitrogens is 1. The van der Waals surface area contributed by atoms with Crippen LogP contribution in [0.5, 0.6) is 0 Å². The van der Waals surface area contributed by atoms with E-state index in [1.54, 1.807) is 14.2 Å². The van der Waals surface area contributed by atoms with Gasteiger partial charge in [-0.15, -0.1) is 0 Å². The van der Waals surface area contributed by atoms with Crippen LogP contribution in [0.3, 0.4) is 0 Å². The topological polar surface area (TPSA) is 67.0 Å². The molecule has 0 bridgehead atoms. The van der Waals surface area contributed by atoms with Gasteiger partial charge in [0.25, 0.3) is 5.56 Å². The largest absolute Gasteiger partial charge is 0.378 e. The molecular formula is C7H10IN3O2. The second-order valence-electron chi connectivity index (χ2n) is 2.36. The van der Waals surface area contributed by atoms with Crippen molar-refractivity contribution in [2.75, 3.05) is 19.5 Å². The molecular weight excluding hydrogens is 285 g/mol. The highest BCUT2D eigenvalue weighted by molar-refractivity contribution is 14.1. The van der Waals surface area contributed by atoms with E-state index in [0.717, 1.165) is 0 Å². The summed E-state index contributed by atoms with van der Waals surface area (Å²) in [6.07, 6.45) is 0. The van der Waals surface area contributed by atoms with Gasteiger partial charge >= 0.3 is 0 Å². The van der Waals surface area contributed by atoms with Crippen molar-refractivity contribution in [2.45, 2.75) is 6.61 Å². The van der Waals surface area contributed by atoms with Crippen LogP contribution < -0.4 is 10.9 Å². The van der Waals surface area contributed by atoms with Crippen molar-refractivity contribution in [3.05, 3.63) is 19.6 Å². The molecule has 0 spiro atoms. The molecule has 0 amide bonds. The number of hydrogen-bond donors (Lipinski definition) is 2. The molecule has 13 heavy (non-hydrogen) atoms. The first-order valence-electron chi connectivity index (χ1n) is 3.64. The molecule has 0 unspecified atom stereocenters. The molecule has 0 saturated heterocycles. The molecule has 0 saturated carbocycles. The Morgan fingerprint density at radius 2 is 2.38 bits per heavy atom. The first-order chi connectivity index (χ1) is 6.19. The van der Waals surface area contributed by atoms with E-state index in [9.17, 15) is 4.79 Å². The standard InChI is InChI=1S/C7H10IN3O2/c1-9-7-10-4(3-13-2)5(8)6(12)11-7/h3H2,1-2H3,(H2,9,10,11,12). The predicted octanol–water partition coefficient (Wildman–Crippen LogP) is 0.563. The molecule has 0 radical (unpaired) electrons. The molecule has 0 aliphatic rings. The minimum absolute atomic E-state index is 0.146. The van der Waals surface area contributed by atoms with Gasteiger partial charge in [0, 0.05) is 14.2 Å². The molecule has 2 N–H and O–H groups in total. The third-order valence-corrected chi connectivity index (χ3v) is 2.56. The number of hydrogen-bond acceptors (Lipinski definition) is 4. The summed E-state index contributed by atoms with van der Waals surface area (Å²) >= 11 is 1.95. The number of aromatic nitrogens is 2. The maximum atomic E-state index is 11.3. The zero-order valence-corrected chi connectivity index (χ0v) is 9.51. The molecule has 1 rings (SSSR count). The Kier molecular flexibility index (Phi) is 3.67. The maximum absolute atomic E-state index is 11.3. The van der Waals surface area contributed by atoms with Gasteiger partial charge in [-0.25, -0.2) is 4.98 Å². The van der Waals surface area contributed by atoms with Crippen molar-refractivity contribution in [1.82, 2.24) is 9.97 Å². The highest BCUT2D eigenvalue weighted by atomic mass is 127. The zero-order chi connectivity index (χ0) is 9.84. The highest BCUT2D eigenvalue weighted by Crippen LogP contribution is 2.06. The molecule has 0 aliphatic carbocycles. The van der Waals surface area contributed by atoms with Gasteiger partial charge in [0.2, 0.25) is 5.95 Å². The normalized spacial score (nSPS) is 10.1. The zero-order valence-electron chi connectivity index (χ0n) is 7.35. The second kappa shape index (κ2) is 4.56. The molecule has 0 aromatic carbocycles. The van der Waals surface area contributed by atoms with Crippen molar-refractivity contribution in [1.29, 1.82) is 0 Å². The molecule has 0 aliphatic heterocycles. The molecule has 72 valence electrons. The van der Waals surface area contributed by atoms with Crippen molar-refractivity contribution in [3.63, 3.8) is 0 Å². The first kappa shape index (κ1) is 10.5. The Labute approximate surface area is 89.1 Å². The van der Waals surface area contributed by atoms with E-state index in [1.165, 1.54) is 0 Å². The number of ether oxygens (including phenoxy) is 1. The predicted molar refractivity (Wildman–Crippen MR) is 57.8 cm³/mol. The quantitative estimate of drug-likeness (QED) is 0.800. The van der Waals surface area contributed by atoms with Crippen molar-refractivity contribution in [3.8, 4) is 0 Å². The Balaban J connectivity index is 3.17. The van der Waals surface area contributed by atoms with Crippen LogP contribution in [0.4, 0.5) is 5.95 Å². The summed E-state index contributed by atoms with van der Waals surface area (Å²) in [5.74, 6) is 0.456. The van der Waals surface area contributed by atoms with Gasteiger partial charge in [-0.05, 0) is 22.6 Å². The Bertz CT molecular complexity index is 350. The van der Waals surface area contributed by atoms with E-state index >= 15 is 0 Å². The SMILES string of the molecule is CNc1nc(COC)c(I)c(=O)[nH]1. The average Bonchev–Trinajstić information content (AvgIpc) is 2.13. The lowest BCUT2D eigenvalue weighted by Crippen LogP contribution is -2.17. The monoisotopic (exact) mass is 295 g/mol. The van der Waals surface area contributed by atoms with Crippen LogP contribution >= 0.6 is 22.6 Å². The summed E-state index contributed by atoms with van der Waals surface area (Å²) < 4.78 is 5.48. The molecule has 0 fully saturated rings. The van der Waals surface area contributed by atoms with E-state index in [-0.39, 0.29) is 5.56 Å². The molecule has 1 heterocycles.